The van der Waals surface area contributed by atoms with Crippen molar-refractivity contribution in [1.29, 1.82) is 0 Å². The first kappa shape index (κ1) is 32.8. The zero-order valence-corrected chi connectivity index (χ0v) is 28.1. The molecule has 0 radical (unpaired) electrons. The fourth-order valence-corrected chi connectivity index (χ4v) is 8.20. The van der Waals surface area contributed by atoms with E-state index in [-0.39, 0.29) is 17.3 Å². The molecule has 2 aromatic carbocycles. The van der Waals surface area contributed by atoms with Crippen molar-refractivity contribution in [2.75, 3.05) is 62.2 Å². The minimum atomic E-state index is -4.73. The van der Waals surface area contributed by atoms with Crippen LogP contribution in [0.2, 0.25) is 5.02 Å². The first-order valence-electron chi connectivity index (χ1n) is 17.0. The van der Waals surface area contributed by atoms with E-state index >= 15 is 0 Å². The van der Waals surface area contributed by atoms with Gasteiger partial charge in [-0.05, 0) is 62.7 Å². The Morgan fingerprint density at radius 3 is 2.46 bits per heavy atom. The summed E-state index contributed by atoms with van der Waals surface area (Å²) in [6.45, 7) is 5.89. The molecule has 2 aromatic heterocycles. The molecular formula is C35H36ClF3N8O3. The van der Waals surface area contributed by atoms with Crippen LogP contribution >= 0.6 is 11.6 Å². The summed E-state index contributed by atoms with van der Waals surface area (Å²) in [6, 6.07) is 12.5. The van der Waals surface area contributed by atoms with E-state index in [2.05, 4.69) is 53.6 Å². The maximum atomic E-state index is 12.9. The average Bonchev–Trinajstić information content (AvgIpc) is 3.86. The lowest BCUT2D eigenvalue weighted by Gasteiger charge is -2.38. The summed E-state index contributed by atoms with van der Waals surface area (Å²) in [5.74, 6) is -1.31. The highest BCUT2D eigenvalue weighted by atomic mass is 35.5. The number of fused-ring (bicyclic) bond motifs is 3. The molecule has 3 fully saturated rings. The van der Waals surface area contributed by atoms with Crippen LogP contribution in [0.25, 0.3) is 16.8 Å². The molecule has 0 N–H and O–H groups in total. The molecule has 4 aromatic rings. The molecule has 4 aliphatic rings. The zero-order chi connectivity index (χ0) is 34.5. The second kappa shape index (κ2) is 13.0. The second-order valence-electron chi connectivity index (χ2n) is 13.3. The maximum Gasteiger partial charge on any atom is 0.455 e. The first-order chi connectivity index (χ1) is 24.2. The van der Waals surface area contributed by atoms with E-state index in [1.807, 2.05) is 12.1 Å². The summed E-state index contributed by atoms with van der Waals surface area (Å²) in [6.07, 6.45) is 2.82. The summed E-state index contributed by atoms with van der Waals surface area (Å²) in [7, 11) is 0. The van der Waals surface area contributed by atoms with Gasteiger partial charge in [-0.25, -0.2) is 0 Å². The number of hydrogen-bond donors (Lipinski definition) is 0. The van der Waals surface area contributed by atoms with Crippen LogP contribution in [0.1, 0.15) is 48.7 Å². The minimum absolute atomic E-state index is 0.0419. The van der Waals surface area contributed by atoms with E-state index in [4.69, 9.17) is 26.3 Å². The van der Waals surface area contributed by atoms with Crippen LogP contribution < -0.4 is 14.5 Å². The van der Waals surface area contributed by atoms with Crippen molar-refractivity contribution in [1.82, 2.24) is 29.9 Å². The molecule has 50 heavy (non-hydrogen) atoms. The Hall–Kier alpha value is -4.43. The fraction of sp³-hybridized carbons (Fsp3) is 0.457. The van der Waals surface area contributed by atoms with Crippen LogP contribution in [0.15, 0.2) is 47.0 Å². The number of nitrogens with zero attached hydrogens (tertiary/aromatic N) is 8. The molecule has 15 heteroatoms. The number of halogens is 4. The number of carbonyl (C=O) groups is 1. The van der Waals surface area contributed by atoms with Gasteiger partial charge in [0.1, 0.15) is 12.4 Å². The van der Waals surface area contributed by atoms with Crippen molar-refractivity contribution in [3.8, 4) is 6.01 Å². The van der Waals surface area contributed by atoms with Crippen LogP contribution in [0.3, 0.4) is 0 Å². The average molecular weight is 709 g/mol. The van der Waals surface area contributed by atoms with Gasteiger partial charge in [-0.2, -0.15) is 28.1 Å². The van der Waals surface area contributed by atoms with Gasteiger partial charge in [-0.15, -0.1) is 0 Å². The van der Waals surface area contributed by atoms with Gasteiger partial charge in [0.15, 0.2) is 0 Å². The Kier molecular flexibility index (Phi) is 8.54. The molecule has 3 saturated heterocycles. The molecule has 6 heterocycles. The number of piperazine rings is 1. The molecule has 262 valence electrons. The maximum absolute atomic E-state index is 12.9. The lowest BCUT2D eigenvalue weighted by Crippen LogP contribution is -2.49. The molecule has 4 aliphatic heterocycles. The third-order valence-corrected chi connectivity index (χ3v) is 10.7. The van der Waals surface area contributed by atoms with Crippen LogP contribution in [0.4, 0.5) is 24.7 Å². The summed E-state index contributed by atoms with van der Waals surface area (Å²) in [5.41, 5.74) is 3.08. The molecule has 0 spiro atoms. The van der Waals surface area contributed by atoms with Crippen molar-refractivity contribution in [3.63, 3.8) is 0 Å². The first-order valence-corrected chi connectivity index (χ1v) is 17.4. The molecule has 0 aliphatic carbocycles. The molecule has 8 rings (SSSR count). The lowest BCUT2D eigenvalue weighted by atomic mass is 9.95. The molecule has 0 bridgehead atoms. The smallest absolute Gasteiger partial charge is 0.455 e. The van der Waals surface area contributed by atoms with E-state index in [0.29, 0.717) is 50.4 Å². The molecular weight excluding hydrogens is 673 g/mol. The van der Waals surface area contributed by atoms with Gasteiger partial charge >= 0.3 is 12.2 Å². The Morgan fingerprint density at radius 2 is 1.72 bits per heavy atom. The van der Waals surface area contributed by atoms with Crippen molar-refractivity contribution in [3.05, 3.63) is 70.5 Å². The van der Waals surface area contributed by atoms with Crippen LogP contribution in [-0.2, 0) is 23.9 Å². The van der Waals surface area contributed by atoms with E-state index in [9.17, 15) is 18.0 Å². The molecule has 0 atom stereocenters. The number of anilines is 2. The van der Waals surface area contributed by atoms with Crippen molar-refractivity contribution in [2.24, 2.45) is 0 Å². The van der Waals surface area contributed by atoms with Gasteiger partial charge in [0.25, 0.3) is 11.7 Å². The topological polar surface area (TPSA) is 104 Å². The highest BCUT2D eigenvalue weighted by Crippen LogP contribution is 2.40. The summed E-state index contributed by atoms with van der Waals surface area (Å²) in [5, 5.41) is 5.73. The highest BCUT2D eigenvalue weighted by molar-refractivity contribution is 6.36. The van der Waals surface area contributed by atoms with Gasteiger partial charge in [-0.1, -0.05) is 41.0 Å². The Bertz CT molecular complexity index is 1930. The van der Waals surface area contributed by atoms with Gasteiger partial charge in [-0.3, -0.25) is 9.69 Å². The largest absolute Gasteiger partial charge is 0.461 e. The third kappa shape index (κ3) is 6.23. The SMILES string of the molecule is O=C(/C=C/c1nc(C(F)(F)F)no1)N1CCN(c2nc(OCC34CCCN3CCC4)nc3c2CCN(c2cccc4cccc(Cl)c24)C3)CC1. The Morgan fingerprint density at radius 1 is 0.960 bits per heavy atom. The second-order valence-corrected chi connectivity index (χ2v) is 13.8. The van der Waals surface area contributed by atoms with Crippen LogP contribution in [0.5, 0.6) is 6.01 Å². The van der Waals surface area contributed by atoms with Crippen molar-refractivity contribution in [2.45, 2.75) is 50.4 Å². The Labute approximate surface area is 291 Å². The number of benzene rings is 2. The number of carbonyl (C=O) groups excluding carboxylic acids is 1. The van der Waals surface area contributed by atoms with Crippen molar-refractivity contribution < 1.29 is 27.2 Å². The highest BCUT2D eigenvalue weighted by Gasteiger charge is 2.45. The predicted octanol–water partition coefficient (Wildman–Crippen LogP) is 5.62. The quantitative estimate of drug-likeness (QED) is 0.225. The number of aromatic nitrogens is 4. The standard InChI is InChI=1S/C35H36ClF3N8O3/c36-25-7-1-5-23-6-2-8-27(30(23)25)46-16-11-24-26(21-46)40-33(49-22-34-12-3-14-47(34)15-4-13-34)42-31(24)45-19-17-44(18-20-45)29(48)10-9-28-41-32(43-50-28)35(37,38)39/h1-2,5-10H,3-4,11-22H2/b10-9+. The molecule has 1 amide bonds. The molecule has 0 saturated carbocycles. The van der Waals surface area contributed by atoms with Gasteiger partial charge in [0.2, 0.25) is 5.91 Å². The van der Waals surface area contributed by atoms with E-state index in [1.165, 1.54) is 12.8 Å². The summed E-state index contributed by atoms with van der Waals surface area (Å²) in [4.78, 5) is 34.9. The summed E-state index contributed by atoms with van der Waals surface area (Å²) >= 11 is 6.72. The van der Waals surface area contributed by atoms with Gasteiger partial charge in [0, 0.05) is 61.5 Å². The molecule has 11 nitrogen and oxygen atoms in total. The van der Waals surface area contributed by atoms with Gasteiger partial charge in [0.05, 0.1) is 22.8 Å². The number of amides is 1. The number of rotatable bonds is 7. The van der Waals surface area contributed by atoms with Crippen LogP contribution in [0, 0.1) is 0 Å². The van der Waals surface area contributed by atoms with E-state index in [0.717, 1.165) is 84.6 Å². The fourth-order valence-electron chi connectivity index (χ4n) is 7.92. The van der Waals surface area contributed by atoms with Crippen LogP contribution in [-0.4, -0.2) is 93.8 Å². The Balaban J connectivity index is 1.03. The zero-order valence-electron chi connectivity index (χ0n) is 27.3. The lowest BCUT2D eigenvalue weighted by molar-refractivity contribution is -0.146. The van der Waals surface area contributed by atoms with E-state index < -0.39 is 12.0 Å². The monoisotopic (exact) mass is 708 g/mol. The molecule has 0 unspecified atom stereocenters. The number of alkyl halides is 3. The number of ether oxygens (including phenoxy) is 1. The van der Waals surface area contributed by atoms with Gasteiger partial charge < -0.3 is 24.0 Å². The predicted molar refractivity (Wildman–Crippen MR) is 181 cm³/mol. The number of hydrogen-bond acceptors (Lipinski definition) is 10. The third-order valence-electron chi connectivity index (χ3n) is 10.4. The normalized spacial score (nSPS) is 19.4. The minimum Gasteiger partial charge on any atom is -0.461 e. The van der Waals surface area contributed by atoms with Crippen molar-refractivity contribution >= 4 is 45.9 Å². The summed E-state index contributed by atoms with van der Waals surface area (Å²) < 4.78 is 49.6. The van der Waals surface area contributed by atoms with E-state index in [1.54, 1.807) is 4.90 Å².